The van der Waals surface area contributed by atoms with E-state index < -0.39 is 8.07 Å². The molecule has 0 N–H and O–H groups in total. The molecular formula is C13H32Si. The number of rotatable bonds is 4. The van der Waals surface area contributed by atoms with E-state index in [0.717, 1.165) is 0 Å². The first-order chi connectivity index (χ1) is 5.45. The first kappa shape index (κ1) is 19.5. The van der Waals surface area contributed by atoms with E-state index in [1.165, 1.54) is 18.9 Å². The molecule has 0 nitrogen and oxygen atoms in total. The summed E-state index contributed by atoms with van der Waals surface area (Å²) >= 11 is 0. The molecule has 0 aromatic carbocycles. The van der Waals surface area contributed by atoms with Crippen LogP contribution >= 0.6 is 0 Å². The van der Waals surface area contributed by atoms with Gasteiger partial charge < -0.3 is 0 Å². The molecule has 0 atom stereocenters. The Balaban J connectivity index is -0.000000605. The summed E-state index contributed by atoms with van der Waals surface area (Å²) in [4.78, 5) is 0. The van der Waals surface area contributed by atoms with Crippen molar-refractivity contribution in [1.29, 1.82) is 0 Å². The lowest BCUT2D eigenvalue weighted by molar-refractivity contribution is 0.897. The Morgan fingerprint density at radius 1 is 1.00 bits per heavy atom. The zero-order chi connectivity index (χ0) is 9.78. The largest absolute Gasteiger partial charge is 0.0849 e. The molecule has 0 radical (unpaired) electrons. The lowest BCUT2D eigenvalue weighted by Crippen LogP contribution is -2.27. The average Bonchev–Trinajstić information content (AvgIpc) is 2.03. The second-order valence-corrected chi connectivity index (χ2v) is 9.62. The minimum atomic E-state index is -1.00. The third-order valence-corrected chi connectivity index (χ3v) is 7.39. The van der Waals surface area contributed by atoms with Gasteiger partial charge in [0.25, 0.3) is 0 Å². The maximum atomic E-state index is 2.47. The highest BCUT2D eigenvalue weighted by molar-refractivity contribution is 6.84. The van der Waals surface area contributed by atoms with Crippen molar-refractivity contribution < 1.29 is 0 Å². The zero-order valence-electron chi connectivity index (χ0n) is 9.62. The summed E-state index contributed by atoms with van der Waals surface area (Å²) < 4.78 is 0. The molecule has 0 fully saturated rings. The van der Waals surface area contributed by atoms with Crippen LogP contribution in [0.5, 0.6) is 0 Å². The van der Waals surface area contributed by atoms with Crippen molar-refractivity contribution in [2.24, 2.45) is 0 Å². The van der Waals surface area contributed by atoms with E-state index in [1.807, 2.05) is 0 Å². The van der Waals surface area contributed by atoms with E-state index in [2.05, 4.69) is 40.8 Å². The molecule has 0 aliphatic carbocycles. The molecular weight excluding hydrogens is 184 g/mol. The first-order valence-electron chi connectivity index (χ1n) is 5.12. The SMILES string of the molecule is C.C.CCC/C(C)=C(/C)[Si](C)(C)CC. The highest BCUT2D eigenvalue weighted by Gasteiger charge is 2.21. The molecule has 0 aromatic heterocycles. The van der Waals surface area contributed by atoms with Crippen molar-refractivity contribution in [3.63, 3.8) is 0 Å². The van der Waals surface area contributed by atoms with Crippen molar-refractivity contribution in [1.82, 2.24) is 0 Å². The second-order valence-electron chi connectivity index (χ2n) is 4.39. The quantitative estimate of drug-likeness (QED) is 0.532. The lowest BCUT2D eigenvalue weighted by Gasteiger charge is -2.24. The summed E-state index contributed by atoms with van der Waals surface area (Å²) in [5.74, 6) is 0. The molecule has 0 saturated heterocycles. The van der Waals surface area contributed by atoms with Crippen LogP contribution in [0.2, 0.25) is 19.1 Å². The maximum Gasteiger partial charge on any atom is 0.0747 e. The normalized spacial score (nSPS) is 12.4. The van der Waals surface area contributed by atoms with Crippen molar-refractivity contribution in [2.75, 3.05) is 0 Å². The van der Waals surface area contributed by atoms with E-state index in [-0.39, 0.29) is 14.9 Å². The fourth-order valence-electron chi connectivity index (χ4n) is 1.41. The van der Waals surface area contributed by atoms with Crippen LogP contribution in [0.1, 0.15) is 55.4 Å². The van der Waals surface area contributed by atoms with Crippen molar-refractivity contribution in [3.8, 4) is 0 Å². The molecule has 0 amide bonds. The molecule has 0 rings (SSSR count). The molecule has 0 aliphatic rings. The Morgan fingerprint density at radius 3 is 1.71 bits per heavy atom. The predicted molar refractivity (Wildman–Crippen MR) is 74.7 cm³/mol. The van der Waals surface area contributed by atoms with Crippen LogP contribution in [0.25, 0.3) is 0 Å². The fourth-order valence-corrected chi connectivity index (χ4v) is 3.22. The van der Waals surface area contributed by atoms with Crippen LogP contribution < -0.4 is 0 Å². The Hall–Kier alpha value is -0.0431. The third kappa shape index (κ3) is 5.64. The van der Waals surface area contributed by atoms with Gasteiger partial charge in [-0.05, 0) is 20.3 Å². The molecule has 0 aliphatic heterocycles. The van der Waals surface area contributed by atoms with Crippen LogP contribution in [0.4, 0.5) is 0 Å². The molecule has 0 spiro atoms. The van der Waals surface area contributed by atoms with E-state index in [4.69, 9.17) is 0 Å². The van der Waals surface area contributed by atoms with Gasteiger partial charge in [-0.3, -0.25) is 0 Å². The minimum absolute atomic E-state index is 0. The summed E-state index contributed by atoms with van der Waals surface area (Å²) in [5, 5.41) is 1.73. The highest BCUT2D eigenvalue weighted by Crippen LogP contribution is 2.23. The molecule has 14 heavy (non-hydrogen) atoms. The Labute approximate surface area is 93.8 Å². The van der Waals surface area contributed by atoms with Gasteiger partial charge in [-0.1, -0.05) is 65.0 Å². The van der Waals surface area contributed by atoms with Crippen molar-refractivity contribution >= 4 is 8.07 Å². The second kappa shape index (κ2) is 8.28. The minimum Gasteiger partial charge on any atom is -0.0849 e. The summed E-state index contributed by atoms with van der Waals surface area (Å²) in [6, 6.07) is 1.37. The van der Waals surface area contributed by atoms with Crippen LogP contribution in [0, 0.1) is 0 Å². The molecule has 0 heterocycles. The molecule has 1 heteroatoms. The molecule has 0 bridgehead atoms. The molecule has 0 unspecified atom stereocenters. The van der Waals surface area contributed by atoms with Gasteiger partial charge in [-0.2, -0.15) is 0 Å². The first-order valence-corrected chi connectivity index (χ1v) is 8.33. The van der Waals surface area contributed by atoms with Gasteiger partial charge in [0.1, 0.15) is 0 Å². The Morgan fingerprint density at radius 2 is 1.43 bits per heavy atom. The average molecular weight is 216 g/mol. The standard InChI is InChI=1S/C11H24Si.2CH4/c1-7-9-10(3)11(4)12(5,6)8-2;;/h7-9H2,1-6H3;2*1H4/b11-10-;;. The lowest BCUT2D eigenvalue weighted by atomic mass is 10.2. The number of hydrogen-bond acceptors (Lipinski definition) is 0. The van der Waals surface area contributed by atoms with Gasteiger partial charge in [-0.15, -0.1) is 0 Å². The van der Waals surface area contributed by atoms with Crippen LogP contribution in [-0.2, 0) is 0 Å². The van der Waals surface area contributed by atoms with Crippen molar-refractivity contribution in [2.45, 2.75) is 74.5 Å². The Kier molecular flexibility index (Phi) is 11.5. The van der Waals surface area contributed by atoms with E-state index in [0.29, 0.717) is 0 Å². The van der Waals surface area contributed by atoms with Gasteiger partial charge in [0.15, 0.2) is 0 Å². The van der Waals surface area contributed by atoms with Crippen LogP contribution in [0.3, 0.4) is 0 Å². The number of allylic oxidation sites excluding steroid dienone is 2. The smallest absolute Gasteiger partial charge is 0.0747 e. The monoisotopic (exact) mass is 216 g/mol. The number of hydrogen-bond donors (Lipinski definition) is 0. The highest BCUT2D eigenvalue weighted by atomic mass is 28.3. The van der Waals surface area contributed by atoms with Gasteiger partial charge in [0.05, 0.1) is 8.07 Å². The summed E-state index contributed by atoms with van der Waals surface area (Å²) in [7, 11) is -1.00. The summed E-state index contributed by atoms with van der Waals surface area (Å²) in [6.07, 6.45) is 2.58. The topological polar surface area (TPSA) is 0 Å². The molecule has 0 aromatic rings. The van der Waals surface area contributed by atoms with Crippen LogP contribution in [-0.4, -0.2) is 8.07 Å². The Bertz CT molecular complexity index is 166. The maximum absolute atomic E-state index is 2.47. The van der Waals surface area contributed by atoms with Gasteiger partial charge >= 0.3 is 0 Å². The summed E-state index contributed by atoms with van der Waals surface area (Å²) in [6.45, 7) is 14.2. The predicted octanol–water partition coefficient (Wildman–Crippen LogP) is 5.66. The zero-order valence-corrected chi connectivity index (χ0v) is 10.6. The van der Waals surface area contributed by atoms with Gasteiger partial charge in [-0.25, -0.2) is 0 Å². The third-order valence-electron chi connectivity index (χ3n) is 3.16. The van der Waals surface area contributed by atoms with Gasteiger partial charge in [0.2, 0.25) is 0 Å². The van der Waals surface area contributed by atoms with E-state index in [9.17, 15) is 0 Å². The van der Waals surface area contributed by atoms with Crippen LogP contribution in [0.15, 0.2) is 10.8 Å². The molecule has 88 valence electrons. The van der Waals surface area contributed by atoms with Gasteiger partial charge in [0, 0.05) is 0 Å². The summed E-state index contributed by atoms with van der Waals surface area (Å²) in [5.41, 5.74) is 1.65. The fraction of sp³-hybridized carbons (Fsp3) is 0.846. The van der Waals surface area contributed by atoms with Crippen molar-refractivity contribution in [3.05, 3.63) is 10.8 Å². The molecule has 0 saturated carbocycles. The van der Waals surface area contributed by atoms with E-state index in [1.54, 1.807) is 10.8 Å². The van der Waals surface area contributed by atoms with E-state index >= 15 is 0 Å².